The highest BCUT2D eigenvalue weighted by Crippen LogP contribution is 2.19. The number of benzene rings is 1. The van der Waals surface area contributed by atoms with Gasteiger partial charge in [-0.2, -0.15) is 0 Å². The van der Waals surface area contributed by atoms with E-state index in [1.807, 2.05) is 30.3 Å². The molecule has 0 spiro atoms. The summed E-state index contributed by atoms with van der Waals surface area (Å²) in [6.45, 7) is 7.27. The molecule has 0 aromatic heterocycles. The Balaban J connectivity index is 2.43. The molecule has 0 aliphatic rings. The van der Waals surface area contributed by atoms with Gasteiger partial charge in [-0.15, -0.1) is 0 Å². The first-order chi connectivity index (χ1) is 8.65. The number of hydrogen-bond donors (Lipinski definition) is 1. The number of carbonyl (C=O) groups excluding carboxylic acids is 1. The van der Waals surface area contributed by atoms with Gasteiger partial charge in [0.25, 0.3) is 0 Å². The Kier molecular flexibility index (Phi) is 6.48. The summed E-state index contributed by atoms with van der Waals surface area (Å²) >= 11 is 0. The van der Waals surface area contributed by atoms with E-state index < -0.39 is 0 Å². The van der Waals surface area contributed by atoms with Gasteiger partial charge in [-0.05, 0) is 30.7 Å². The molecule has 2 heteroatoms. The number of nitrogens with one attached hydrogen (secondary N) is 1. The SMILES string of the molecule is CCC(C(=O)NCCCC(C)C)c1ccccc1. The van der Waals surface area contributed by atoms with Gasteiger partial charge >= 0.3 is 0 Å². The second kappa shape index (κ2) is 7.91. The third kappa shape index (κ3) is 4.91. The molecule has 0 aliphatic carbocycles. The van der Waals surface area contributed by atoms with Gasteiger partial charge in [0.2, 0.25) is 5.91 Å². The van der Waals surface area contributed by atoms with Crippen molar-refractivity contribution in [2.75, 3.05) is 6.54 Å². The van der Waals surface area contributed by atoms with Crippen molar-refractivity contribution in [1.29, 1.82) is 0 Å². The highest BCUT2D eigenvalue weighted by molar-refractivity contribution is 5.83. The zero-order valence-corrected chi connectivity index (χ0v) is 11.8. The van der Waals surface area contributed by atoms with Gasteiger partial charge in [-0.1, -0.05) is 51.1 Å². The van der Waals surface area contributed by atoms with E-state index in [1.54, 1.807) is 0 Å². The van der Waals surface area contributed by atoms with Crippen LogP contribution >= 0.6 is 0 Å². The van der Waals surface area contributed by atoms with Crippen molar-refractivity contribution in [1.82, 2.24) is 5.32 Å². The third-order valence-corrected chi connectivity index (χ3v) is 3.18. The smallest absolute Gasteiger partial charge is 0.227 e. The number of rotatable bonds is 7. The number of hydrogen-bond acceptors (Lipinski definition) is 1. The Bertz CT molecular complexity index is 345. The van der Waals surface area contributed by atoms with Crippen molar-refractivity contribution in [3.63, 3.8) is 0 Å². The minimum Gasteiger partial charge on any atom is -0.356 e. The topological polar surface area (TPSA) is 29.1 Å². The fraction of sp³-hybridized carbons (Fsp3) is 0.562. The van der Waals surface area contributed by atoms with Gasteiger partial charge in [-0.25, -0.2) is 0 Å². The zero-order chi connectivity index (χ0) is 13.4. The molecule has 0 radical (unpaired) electrons. The van der Waals surface area contributed by atoms with E-state index >= 15 is 0 Å². The van der Waals surface area contributed by atoms with Gasteiger partial charge < -0.3 is 5.32 Å². The van der Waals surface area contributed by atoms with Gasteiger partial charge in [0, 0.05) is 6.54 Å². The van der Waals surface area contributed by atoms with E-state index in [1.165, 1.54) is 6.42 Å². The summed E-state index contributed by atoms with van der Waals surface area (Å²) in [7, 11) is 0. The van der Waals surface area contributed by atoms with Crippen LogP contribution in [-0.4, -0.2) is 12.5 Å². The summed E-state index contributed by atoms with van der Waals surface area (Å²) in [4.78, 5) is 12.1. The van der Waals surface area contributed by atoms with Crippen LogP contribution in [0, 0.1) is 5.92 Å². The molecule has 1 rings (SSSR count). The van der Waals surface area contributed by atoms with Crippen molar-refractivity contribution >= 4 is 5.91 Å². The minimum absolute atomic E-state index is 0.00903. The van der Waals surface area contributed by atoms with Gasteiger partial charge in [-0.3, -0.25) is 4.79 Å². The molecule has 1 amide bonds. The second-order valence-corrected chi connectivity index (χ2v) is 5.20. The lowest BCUT2D eigenvalue weighted by Crippen LogP contribution is -2.30. The summed E-state index contributed by atoms with van der Waals surface area (Å²) < 4.78 is 0. The lowest BCUT2D eigenvalue weighted by atomic mass is 9.95. The molecule has 0 saturated carbocycles. The van der Waals surface area contributed by atoms with Gasteiger partial charge in [0.05, 0.1) is 5.92 Å². The van der Waals surface area contributed by atoms with E-state index in [2.05, 4.69) is 26.1 Å². The highest BCUT2D eigenvalue weighted by atomic mass is 16.1. The molecule has 0 heterocycles. The molecule has 100 valence electrons. The summed E-state index contributed by atoms with van der Waals surface area (Å²) in [5.74, 6) is 0.857. The Labute approximate surface area is 111 Å². The second-order valence-electron chi connectivity index (χ2n) is 5.20. The maximum Gasteiger partial charge on any atom is 0.227 e. The van der Waals surface area contributed by atoms with Crippen molar-refractivity contribution < 1.29 is 4.79 Å². The van der Waals surface area contributed by atoms with Crippen LogP contribution in [-0.2, 0) is 4.79 Å². The minimum atomic E-state index is -0.00903. The normalized spacial score (nSPS) is 12.4. The third-order valence-electron chi connectivity index (χ3n) is 3.18. The molecule has 0 bridgehead atoms. The fourth-order valence-corrected chi connectivity index (χ4v) is 2.10. The molecule has 1 N–H and O–H groups in total. The van der Waals surface area contributed by atoms with Crippen molar-refractivity contribution in [2.24, 2.45) is 5.92 Å². The van der Waals surface area contributed by atoms with Crippen molar-refractivity contribution in [2.45, 2.75) is 46.0 Å². The van der Waals surface area contributed by atoms with Crippen LogP contribution in [0.5, 0.6) is 0 Å². The summed E-state index contributed by atoms with van der Waals surface area (Å²) in [5.41, 5.74) is 1.11. The van der Waals surface area contributed by atoms with Gasteiger partial charge in [0.1, 0.15) is 0 Å². The Hall–Kier alpha value is -1.31. The number of carbonyl (C=O) groups is 1. The highest BCUT2D eigenvalue weighted by Gasteiger charge is 2.17. The van der Waals surface area contributed by atoms with Crippen LogP contribution < -0.4 is 5.32 Å². The Morgan fingerprint density at radius 1 is 1.22 bits per heavy atom. The Morgan fingerprint density at radius 3 is 2.44 bits per heavy atom. The Morgan fingerprint density at radius 2 is 1.89 bits per heavy atom. The first-order valence-corrected chi connectivity index (χ1v) is 6.97. The molecule has 2 nitrogen and oxygen atoms in total. The molecule has 0 saturated heterocycles. The van der Waals surface area contributed by atoms with Crippen molar-refractivity contribution in [3.8, 4) is 0 Å². The first-order valence-electron chi connectivity index (χ1n) is 6.97. The molecule has 1 atom stereocenters. The van der Waals surface area contributed by atoms with Crippen LogP contribution in [0.25, 0.3) is 0 Å². The van der Waals surface area contributed by atoms with E-state index in [4.69, 9.17) is 0 Å². The maximum absolute atomic E-state index is 12.1. The molecular formula is C16H25NO. The largest absolute Gasteiger partial charge is 0.356 e. The summed E-state index contributed by atoms with van der Waals surface area (Å²) in [6, 6.07) is 10.0. The van der Waals surface area contributed by atoms with E-state index in [0.29, 0.717) is 5.92 Å². The van der Waals surface area contributed by atoms with Gasteiger partial charge in [0.15, 0.2) is 0 Å². The van der Waals surface area contributed by atoms with Crippen molar-refractivity contribution in [3.05, 3.63) is 35.9 Å². The fourth-order valence-electron chi connectivity index (χ4n) is 2.10. The molecule has 0 fully saturated rings. The summed E-state index contributed by atoms with van der Waals surface area (Å²) in [5, 5.41) is 3.05. The molecule has 1 aromatic carbocycles. The van der Waals surface area contributed by atoms with Crippen LogP contribution in [0.4, 0.5) is 0 Å². The molecule has 18 heavy (non-hydrogen) atoms. The lowest BCUT2D eigenvalue weighted by Gasteiger charge is -2.15. The van der Waals surface area contributed by atoms with Crippen LogP contribution in [0.3, 0.4) is 0 Å². The predicted molar refractivity (Wildman–Crippen MR) is 76.6 cm³/mol. The molecule has 0 aliphatic heterocycles. The molecular weight excluding hydrogens is 222 g/mol. The van der Waals surface area contributed by atoms with Crippen LogP contribution in [0.1, 0.15) is 51.5 Å². The summed E-state index contributed by atoms with van der Waals surface area (Å²) in [6.07, 6.45) is 3.08. The van der Waals surface area contributed by atoms with Crippen LogP contribution in [0.15, 0.2) is 30.3 Å². The van der Waals surface area contributed by atoms with E-state index in [9.17, 15) is 4.79 Å². The standard InChI is InChI=1S/C16H25NO/c1-4-15(14-10-6-5-7-11-14)16(18)17-12-8-9-13(2)3/h5-7,10-11,13,15H,4,8-9,12H2,1-3H3,(H,17,18). The zero-order valence-electron chi connectivity index (χ0n) is 11.8. The number of amides is 1. The average Bonchev–Trinajstić information content (AvgIpc) is 2.36. The van der Waals surface area contributed by atoms with E-state index in [0.717, 1.165) is 24.9 Å². The average molecular weight is 247 g/mol. The maximum atomic E-state index is 12.1. The quantitative estimate of drug-likeness (QED) is 0.731. The first kappa shape index (κ1) is 14.7. The predicted octanol–water partition coefficient (Wildman–Crippen LogP) is 3.73. The monoisotopic (exact) mass is 247 g/mol. The van der Waals surface area contributed by atoms with E-state index in [-0.39, 0.29) is 11.8 Å². The molecule has 1 unspecified atom stereocenters. The lowest BCUT2D eigenvalue weighted by molar-refractivity contribution is -0.122. The van der Waals surface area contributed by atoms with Crippen LogP contribution in [0.2, 0.25) is 0 Å². The molecule has 1 aromatic rings.